The van der Waals surface area contributed by atoms with E-state index in [9.17, 15) is 4.79 Å². The lowest BCUT2D eigenvalue weighted by atomic mass is 10.2. The number of hydrogen-bond donors (Lipinski definition) is 2. The molecule has 1 aromatic carbocycles. The molecule has 1 atom stereocenters. The van der Waals surface area contributed by atoms with Crippen LogP contribution in [0.4, 0.5) is 5.69 Å². The van der Waals surface area contributed by atoms with Crippen molar-refractivity contribution in [1.82, 2.24) is 0 Å². The van der Waals surface area contributed by atoms with E-state index in [1.165, 1.54) is 11.3 Å². The zero-order valence-corrected chi connectivity index (χ0v) is 12.6. The molecule has 2 rings (SSSR count). The molecule has 1 heterocycles. The molecule has 1 unspecified atom stereocenters. The minimum Gasteiger partial charge on any atom is -0.496 e. The van der Waals surface area contributed by atoms with Gasteiger partial charge in [0.05, 0.1) is 11.6 Å². The highest BCUT2D eigenvalue weighted by Gasteiger charge is 2.17. The van der Waals surface area contributed by atoms with Crippen LogP contribution in [0.15, 0.2) is 40.2 Å². The van der Waals surface area contributed by atoms with Crippen molar-refractivity contribution in [3.8, 4) is 5.75 Å². The van der Waals surface area contributed by atoms with Crippen molar-refractivity contribution < 1.29 is 9.53 Å². The molecule has 0 saturated carbocycles. The van der Waals surface area contributed by atoms with Crippen molar-refractivity contribution in [1.29, 1.82) is 0 Å². The fourth-order valence-electron chi connectivity index (χ4n) is 1.56. The van der Waals surface area contributed by atoms with Crippen molar-refractivity contribution in [2.75, 3.05) is 12.4 Å². The number of halogens is 1. The zero-order chi connectivity index (χ0) is 13.8. The van der Waals surface area contributed by atoms with E-state index in [-0.39, 0.29) is 5.91 Å². The summed E-state index contributed by atoms with van der Waals surface area (Å²) >= 11 is 4.83. The van der Waals surface area contributed by atoms with Gasteiger partial charge < -0.3 is 15.8 Å². The Morgan fingerprint density at radius 3 is 2.84 bits per heavy atom. The number of ether oxygens (including phenoxy) is 1. The van der Waals surface area contributed by atoms with E-state index in [1.54, 1.807) is 25.3 Å². The van der Waals surface area contributed by atoms with Gasteiger partial charge in [-0.25, -0.2) is 0 Å². The van der Waals surface area contributed by atoms with Crippen LogP contribution in [-0.2, 0) is 4.79 Å². The molecule has 3 N–H and O–H groups in total. The number of hydrogen-bond acceptors (Lipinski definition) is 4. The Balaban J connectivity index is 2.09. The van der Waals surface area contributed by atoms with Crippen LogP contribution in [0.3, 0.4) is 0 Å². The molecule has 1 aromatic heterocycles. The second-order valence-electron chi connectivity index (χ2n) is 3.83. The monoisotopic (exact) mass is 340 g/mol. The Morgan fingerprint density at radius 1 is 1.47 bits per heavy atom. The summed E-state index contributed by atoms with van der Waals surface area (Å²) in [4.78, 5) is 12.8. The number of thiophene rings is 1. The summed E-state index contributed by atoms with van der Waals surface area (Å²) < 4.78 is 5.90. The fraction of sp³-hybridized carbons (Fsp3) is 0.154. The molecule has 1 amide bonds. The molecule has 0 saturated heterocycles. The van der Waals surface area contributed by atoms with Gasteiger partial charge in [-0.05, 0) is 45.6 Å². The molecule has 100 valence electrons. The minimum absolute atomic E-state index is 0.237. The van der Waals surface area contributed by atoms with Crippen LogP contribution >= 0.6 is 27.3 Å². The SMILES string of the molecule is COc1ccc(NC(=O)C(N)c2cccs2)cc1Br. The molecule has 2 aromatic rings. The second-order valence-corrected chi connectivity index (χ2v) is 5.67. The van der Waals surface area contributed by atoms with Crippen LogP contribution in [0.1, 0.15) is 10.9 Å². The zero-order valence-electron chi connectivity index (χ0n) is 10.2. The second kappa shape index (κ2) is 6.18. The molecule has 0 spiro atoms. The lowest BCUT2D eigenvalue weighted by molar-refractivity contribution is -0.117. The maximum atomic E-state index is 12.0. The first-order chi connectivity index (χ1) is 9.11. The summed E-state index contributed by atoms with van der Waals surface area (Å²) in [5.74, 6) is 0.472. The van der Waals surface area contributed by atoms with Gasteiger partial charge in [-0.15, -0.1) is 11.3 Å². The summed E-state index contributed by atoms with van der Waals surface area (Å²) in [6.45, 7) is 0. The molecule has 0 aliphatic rings. The molecule has 6 heteroatoms. The Hall–Kier alpha value is -1.37. The van der Waals surface area contributed by atoms with Crippen molar-refractivity contribution in [3.05, 3.63) is 45.1 Å². The highest BCUT2D eigenvalue weighted by molar-refractivity contribution is 9.10. The van der Waals surface area contributed by atoms with Gasteiger partial charge in [0, 0.05) is 10.6 Å². The molecule has 0 aliphatic carbocycles. The van der Waals surface area contributed by atoms with Gasteiger partial charge in [-0.1, -0.05) is 6.07 Å². The molecule has 0 radical (unpaired) electrons. The van der Waals surface area contributed by atoms with Crippen LogP contribution in [0.2, 0.25) is 0 Å². The summed E-state index contributed by atoms with van der Waals surface area (Å²) in [6, 6.07) is 8.38. The van der Waals surface area contributed by atoms with Crippen molar-refractivity contribution in [2.45, 2.75) is 6.04 Å². The van der Waals surface area contributed by atoms with E-state index in [0.717, 1.165) is 9.35 Å². The van der Waals surface area contributed by atoms with E-state index in [4.69, 9.17) is 10.5 Å². The predicted molar refractivity (Wildman–Crippen MR) is 80.6 cm³/mol. The van der Waals surface area contributed by atoms with E-state index in [2.05, 4.69) is 21.2 Å². The molecular weight excluding hydrogens is 328 g/mol. The normalized spacial score (nSPS) is 11.9. The van der Waals surface area contributed by atoms with Crippen molar-refractivity contribution in [2.24, 2.45) is 5.73 Å². The fourth-order valence-corrected chi connectivity index (χ4v) is 2.83. The first-order valence-electron chi connectivity index (χ1n) is 5.55. The molecular formula is C13H13BrN2O2S. The summed E-state index contributed by atoms with van der Waals surface area (Å²) in [7, 11) is 1.59. The van der Waals surface area contributed by atoms with Gasteiger partial charge in [-0.2, -0.15) is 0 Å². The third-order valence-electron chi connectivity index (χ3n) is 2.55. The van der Waals surface area contributed by atoms with Crippen LogP contribution in [0.5, 0.6) is 5.75 Å². The van der Waals surface area contributed by atoms with Crippen LogP contribution < -0.4 is 15.8 Å². The van der Waals surface area contributed by atoms with Gasteiger partial charge in [0.15, 0.2) is 0 Å². The van der Waals surface area contributed by atoms with Gasteiger partial charge >= 0.3 is 0 Å². The molecule has 19 heavy (non-hydrogen) atoms. The number of anilines is 1. The number of methoxy groups -OCH3 is 1. The Kier molecular flexibility index (Phi) is 4.57. The standard InChI is InChI=1S/C13H13BrN2O2S/c1-18-10-5-4-8(7-9(10)14)16-13(17)12(15)11-3-2-6-19-11/h2-7,12H,15H2,1H3,(H,16,17). The predicted octanol–water partition coefficient (Wildman–Crippen LogP) is 3.16. The summed E-state index contributed by atoms with van der Waals surface area (Å²) in [6.07, 6.45) is 0. The van der Waals surface area contributed by atoms with E-state index >= 15 is 0 Å². The topological polar surface area (TPSA) is 64.3 Å². The van der Waals surface area contributed by atoms with E-state index in [0.29, 0.717) is 11.4 Å². The van der Waals surface area contributed by atoms with Gasteiger partial charge in [-0.3, -0.25) is 4.79 Å². The smallest absolute Gasteiger partial charge is 0.246 e. The average Bonchev–Trinajstić information content (AvgIpc) is 2.92. The van der Waals surface area contributed by atoms with Gasteiger partial charge in [0.2, 0.25) is 5.91 Å². The number of benzene rings is 1. The number of nitrogens with one attached hydrogen (secondary N) is 1. The minimum atomic E-state index is -0.652. The Bertz CT molecular complexity index is 572. The number of amides is 1. The summed E-state index contributed by atoms with van der Waals surface area (Å²) in [5, 5.41) is 4.67. The van der Waals surface area contributed by atoms with Crippen molar-refractivity contribution in [3.63, 3.8) is 0 Å². The highest BCUT2D eigenvalue weighted by atomic mass is 79.9. The van der Waals surface area contributed by atoms with Crippen LogP contribution in [-0.4, -0.2) is 13.0 Å². The third-order valence-corrected chi connectivity index (χ3v) is 4.13. The number of nitrogens with two attached hydrogens (primary N) is 1. The lowest BCUT2D eigenvalue weighted by Gasteiger charge is -2.12. The van der Waals surface area contributed by atoms with E-state index < -0.39 is 6.04 Å². The molecule has 0 bridgehead atoms. The Morgan fingerprint density at radius 2 is 2.26 bits per heavy atom. The first kappa shape index (κ1) is 14.0. The molecule has 0 fully saturated rings. The lowest BCUT2D eigenvalue weighted by Crippen LogP contribution is -2.26. The van der Waals surface area contributed by atoms with E-state index in [1.807, 2.05) is 17.5 Å². The highest BCUT2D eigenvalue weighted by Crippen LogP contribution is 2.28. The van der Waals surface area contributed by atoms with Gasteiger partial charge in [0.1, 0.15) is 11.8 Å². The molecule has 4 nitrogen and oxygen atoms in total. The Labute approximate surface area is 123 Å². The van der Waals surface area contributed by atoms with Gasteiger partial charge in [0.25, 0.3) is 0 Å². The number of carbonyl (C=O) groups excluding carboxylic acids is 1. The maximum Gasteiger partial charge on any atom is 0.246 e. The molecule has 0 aliphatic heterocycles. The number of rotatable bonds is 4. The quantitative estimate of drug-likeness (QED) is 0.898. The maximum absolute atomic E-state index is 12.0. The van der Waals surface area contributed by atoms with Crippen LogP contribution in [0, 0.1) is 0 Å². The number of carbonyl (C=O) groups is 1. The third kappa shape index (κ3) is 3.34. The first-order valence-corrected chi connectivity index (χ1v) is 7.22. The largest absolute Gasteiger partial charge is 0.496 e. The van der Waals surface area contributed by atoms with Crippen LogP contribution in [0.25, 0.3) is 0 Å². The van der Waals surface area contributed by atoms with Crippen molar-refractivity contribution >= 4 is 38.9 Å². The summed E-state index contributed by atoms with van der Waals surface area (Å²) in [5.41, 5.74) is 6.56. The average molecular weight is 341 g/mol.